The Morgan fingerprint density at radius 1 is 1.11 bits per heavy atom. The smallest absolute Gasteiger partial charge is 0.138 e. The van der Waals surface area contributed by atoms with Crippen molar-refractivity contribution in [2.45, 2.75) is 5.88 Å². The Hall–Kier alpha value is -1.58. The molecular formula is C13H9Cl2N3. The Morgan fingerprint density at radius 3 is 2.78 bits per heavy atom. The van der Waals surface area contributed by atoms with E-state index >= 15 is 0 Å². The number of halogens is 2. The van der Waals surface area contributed by atoms with E-state index in [4.69, 9.17) is 23.2 Å². The Bertz CT molecular complexity index is 706. The van der Waals surface area contributed by atoms with Crippen molar-refractivity contribution in [2.75, 3.05) is 0 Å². The fourth-order valence-corrected chi connectivity index (χ4v) is 2.29. The zero-order valence-electron chi connectivity index (χ0n) is 9.35. The molecule has 0 saturated heterocycles. The number of imidazole rings is 1. The maximum atomic E-state index is 6.00. The Labute approximate surface area is 114 Å². The number of pyridine rings is 1. The third kappa shape index (κ3) is 1.85. The average Bonchev–Trinajstić information content (AvgIpc) is 2.83. The van der Waals surface area contributed by atoms with Gasteiger partial charge >= 0.3 is 0 Å². The predicted octanol–water partition coefficient (Wildman–Crippen LogP) is 3.81. The van der Waals surface area contributed by atoms with Crippen molar-refractivity contribution in [3.05, 3.63) is 53.4 Å². The summed E-state index contributed by atoms with van der Waals surface area (Å²) in [4.78, 5) is 8.77. The van der Waals surface area contributed by atoms with E-state index in [2.05, 4.69) is 9.97 Å². The Balaban J connectivity index is 2.20. The number of alkyl halides is 1. The topological polar surface area (TPSA) is 30.7 Å². The van der Waals surface area contributed by atoms with E-state index in [9.17, 15) is 0 Å². The van der Waals surface area contributed by atoms with E-state index in [1.54, 1.807) is 12.4 Å². The molecule has 0 radical (unpaired) electrons. The maximum Gasteiger partial charge on any atom is 0.138 e. The fraction of sp³-hybridized carbons (Fsp3) is 0.0769. The van der Waals surface area contributed by atoms with E-state index in [1.165, 1.54) is 0 Å². The van der Waals surface area contributed by atoms with Crippen LogP contribution in [0.3, 0.4) is 0 Å². The number of fused-ring (bicyclic) bond motifs is 1. The lowest BCUT2D eigenvalue weighted by molar-refractivity contribution is 0.995. The lowest BCUT2D eigenvalue weighted by Crippen LogP contribution is -1.98. The number of hydrogen-bond acceptors (Lipinski definition) is 2. The molecule has 5 heteroatoms. The Kier molecular flexibility index (Phi) is 2.94. The van der Waals surface area contributed by atoms with Crippen LogP contribution >= 0.6 is 23.2 Å². The first-order chi connectivity index (χ1) is 8.79. The van der Waals surface area contributed by atoms with Gasteiger partial charge in [0, 0.05) is 0 Å². The summed E-state index contributed by atoms with van der Waals surface area (Å²) in [6, 6.07) is 11.5. The van der Waals surface area contributed by atoms with Crippen LogP contribution in [0, 0.1) is 0 Å². The third-order valence-corrected chi connectivity index (χ3v) is 3.33. The molecule has 18 heavy (non-hydrogen) atoms. The zero-order chi connectivity index (χ0) is 12.5. The quantitative estimate of drug-likeness (QED) is 0.667. The second kappa shape index (κ2) is 4.59. The van der Waals surface area contributed by atoms with Gasteiger partial charge in [0.2, 0.25) is 0 Å². The highest BCUT2D eigenvalue weighted by molar-refractivity contribution is 6.32. The van der Waals surface area contributed by atoms with Crippen molar-refractivity contribution in [3.63, 3.8) is 0 Å². The highest BCUT2D eigenvalue weighted by Gasteiger charge is 2.07. The van der Waals surface area contributed by atoms with E-state index in [1.807, 2.05) is 34.9 Å². The summed E-state index contributed by atoms with van der Waals surface area (Å²) in [5.41, 5.74) is 2.61. The van der Waals surface area contributed by atoms with Gasteiger partial charge in [-0.15, -0.1) is 11.6 Å². The normalized spacial score (nSPS) is 11.0. The number of nitrogens with zero attached hydrogens (tertiary/aromatic N) is 3. The van der Waals surface area contributed by atoms with E-state index in [-0.39, 0.29) is 0 Å². The van der Waals surface area contributed by atoms with Gasteiger partial charge in [-0.2, -0.15) is 0 Å². The van der Waals surface area contributed by atoms with Crippen LogP contribution in [0.1, 0.15) is 5.69 Å². The summed E-state index contributed by atoms with van der Waals surface area (Å²) in [5.74, 6) is 1.06. The first kappa shape index (κ1) is 11.5. The van der Waals surface area contributed by atoms with Crippen molar-refractivity contribution in [3.8, 4) is 5.82 Å². The summed E-state index contributed by atoms with van der Waals surface area (Å²) >= 11 is 11.8. The summed E-state index contributed by atoms with van der Waals surface area (Å²) in [6.07, 6.45) is 1.75. The molecule has 0 aliphatic carbocycles. The summed E-state index contributed by atoms with van der Waals surface area (Å²) in [5, 5.41) is 0.582. The number of para-hydroxylation sites is 2. The molecule has 2 heterocycles. The minimum Gasteiger partial charge on any atom is -0.283 e. The van der Waals surface area contributed by atoms with Gasteiger partial charge in [-0.25, -0.2) is 9.97 Å². The molecule has 0 bridgehead atoms. The molecule has 1 aromatic carbocycles. The van der Waals surface area contributed by atoms with Crippen LogP contribution in [0.4, 0.5) is 0 Å². The molecule has 0 unspecified atom stereocenters. The lowest BCUT2D eigenvalue weighted by atomic mass is 10.3. The zero-order valence-corrected chi connectivity index (χ0v) is 10.9. The molecule has 3 rings (SSSR count). The van der Waals surface area contributed by atoms with Gasteiger partial charge in [0.25, 0.3) is 0 Å². The van der Waals surface area contributed by atoms with Gasteiger partial charge in [0.05, 0.1) is 27.6 Å². The Morgan fingerprint density at radius 2 is 1.94 bits per heavy atom. The molecule has 0 aliphatic heterocycles. The van der Waals surface area contributed by atoms with Gasteiger partial charge in [-0.1, -0.05) is 23.7 Å². The van der Waals surface area contributed by atoms with Crippen LogP contribution in [-0.4, -0.2) is 14.5 Å². The van der Waals surface area contributed by atoms with Crippen molar-refractivity contribution in [1.29, 1.82) is 0 Å². The molecule has 3 aromatic rings. The average molecular weight is 278 g/mol. The number of aromatic nitrogens is 3. The van der Waals surface area contributed by atoms with E-state index in [0.29, 0.717) is 16.6 Å². The van der Waals surface area contributed by atoms with Gasteiger partial charge in [-0.05, 0) is 24.3 Å². The van der Waals surface area contributed by atoms with Gasteiger partial charge in [0.15, 0.2) is 0 Å². The molecule has 90 valence electrons. The minimum absolute atomic E-state index is 0.291. The second-order valence-corrected chi connectivity index (χ2v) is 4.51. The molecule has 0 N–H and O–H groups in total. The third-order valence-electron chi connectivity index (χ3n) is 2.73. The van der Waals surface area contributed by atoms with Crippen LogP contribution in [0.25, 0.3) is 16.9 Å². The first-order valence-electron chi connectivity index (χ1n) is 5.43. The molecule has 0 fully saturated rings. The van der Waals surface area contributed by atoms with Crippen molar-refractivity contribution >= 4 is 34.2 Å². The number of benzene rings is 1. The van der Waals surface area contributed by atoms with Crippen LogP contribution in [0.2, 0.25) is 5.02 Å². The van der Waals surface area contributed by atoms with E-state index in [0.717, 1.165) is 16.9 Å². The number of rotatable bonds is 2. The SMILES string of the molecule is ClCc1nc(-n2cnc3ccccc32)ccc1Cl. The maximum absolute atomic E-state index is 6.00. The highest BCUT2D eigenvalue weighted by Crippen LogP contribution is 2.21. The molecule has 3 nitrogen and oxygen atoms in total. The summed E-state index contributed by atoms with van der Waals surface area (Å²) in [6.45, 7) is 0. The largest absolute Gasteiger partial charge is 0.283 e. The van der Waals surface area contributed by atoms with Crippen molar-refractivity contribution in [2.24, 2.45) is 0 Å². The van der Waals surface area contributed by atoms with Crippen molar-refractivity contribution < 1.29 is 0 Å². The van der Waals surface area contributed by atoms with Gasteiger partial charge < -0.3 is 0 Å². The summed E-state index contributed by atoms with van der Waals surface area (Å²) in [7, 11) is 0. The van der Waals surface area contributed by atoms with Gasteiger partial charge in [0.1, 0.15) is 12.1 Å². The standard InChI is InChI=1S/C13H9Cl2N3/c14-7-11-9(15)5-6-13(17-11)18-8-16-10-3-1-2-4-12(10)18/h1-6,8H,7H2. The second-order valence-electron chi connectivity index (χ2n) is 3.83. The molecule has 0 spiro atoms. The molecule has 0 saturated carbocycles. The van der Waals surface area contributed by atoms with Crippen molar-refractivity contribution in [1.82, 2.24) is 14.5 Å². The fourth-order valence-electron chi connectivity index (χ4n) is 1.84. The number of hydrogen-bond donors (Lipinski definition) is 0. The summed E-state index contributed by atoms with van der Waals surface area (Å²) < 4.78 is 1.92. The monoisotopic (exact) mass is 277 g/mol. The lowest BCUT2D eigenvalue weighted by Gasteiger charge is -2.06. The van der Waals surface area contributed by atoms with Crippen LogP contribution in [0.5, 0.6) is 0 Å². The molecule has 2 aromatic heterocycles. The minimum atomic E-state index is 0.291. The predicted molar refractivity (Wildman–Crippen MR) is 73.4 cm³/mol. The van der Waals surface area contributed by atoms with Crippen LogP contribution < -0.4 is 0 Å². The van der Waals surface area contributed by atoms with Crippen LogP contribution in [-0.2, 0) is 5.88 Å². The molecule has 0 aliphatic rings. The van der Waals surface area contributed by atoms with Crippen LogP contribution in [0.15, 0.2) is 42.7 Å². The van der Waals surface area contributed by atoms with Gasteiger partial charge in [-0.3, -0.25) is 4.57 Å². The van der Waals surface area contributed by atoms with E-state index < -0.39 is 0 Å². The first-order valence-corrected chi connectivity index (χ1v) is 6.34. The molecule has 0 amide bonds. The molecular weight excluding hydrogens is 269 g/mol. The molecule has 0 atom stereocenters. The highest BCUT2D eigenvalue weighted by atomic mass is 35.5.